The Bertz CT molecular complexity index is 486. The third-order valence-electron chi connectivity index (χ3n) is 2.51. The van der Waals surface area contributed by atoms with Gasteiger partial charge in [0.05, 0.1) is 17.9 Å². The molecule has 1 aromatic carbocycles. The topological polar surface area (TPSA) is 72.8 Å². The molecule has 1 aromatic rings. The van der Waals surface area contributed by atoms with Gasteiger partial charge in [-0.2, -0.15) is 0 Å². The Balaban J connectivity index is 2.59. The molecule has 5 nitrogen and oxygen atoms in total. The molecule has 0 amide bonds. The molecule has 0 saturated heterocycles. The normalized spacial score (nSPS) is 11.9. The smallest absolute Gasteiger partial charge is 0.335 e. The van der Waals surface area contributed by atoms with Crippen molar-refractivity contribution in [1.82, 2.24) is 0 Å². The summed E-state index contributed by atoms with van der Waals surface area (Å²) in [5.74, 6) is -1.19. The molecule has 0 radical (unpaired) electrons. The maximum atomic E-state index is 11.6. The number of rotatable bonds is 7. The van der Waals surface area contributed by atoms with Gasteiger partial charge in [0.15, 0.2) is 0 Å². The number of carboxylic acid groups (broad SMARTS) is 1. The number of carbonyl (C=O) groups is 2. The van der Waals surface area contributed by atoms with Crippen LogP contribution < -0.4 is 0 Å². The van der Waals surface area contributed by atoms with Crippen molar-refractivity contribution in [2.45, 2.75) is 24.8 Å². The minimum Gasteiger partial charge on any atom is -0.478 e. The molecule has 0 aromatic heterocycles. The Morgan fingerprint density at radius 2 is 2.10 bits per heavy atom. The number of carboxylic acids is 1. The average Bonchev–Trinajstić information content (AvgIpc) is 2.37. The van der Waals surface area contributed by atoms with E-state index in [2.05, 4.69) is 0 Å². The van der Waals surface area contributed by atoms with E-state index < -0.39 is 5.97 Å². The number of ether oxygens (including phenoxy) is 2. The highest BCUT2D eigenvalue weighted by Crippen LogP contribution is 2.24. The van der Waals surface area contributed by atoms with E-state index in [1.165, 1.54) is 11.8 Å². The highest BCUT2D eigenvalue weighted by atomic mass is 32.2. The molecule has 0 heterocycles. The maximum Gasteiger partial charge on any atom is 0.335 e. The second-order valence-corrected chi connectivity index (χ2v) is 5.35. The van der Waals surface area contributed by atoms with Gasteiger partial charge >= 0.3 is 11.9 Å². The van der Waals surface area contributed by atoms with Gasteiger partial charge < -0.3 is 14.6 Å². The van der Waals surface area contributed by atoms with Crippen molar-refractivity contribution in [3.8, 4) is 0 Å². The molecule has 0 fully saturated rings. The largest absolute Gasteiger partial charge is 0.478 e. The first-order valence-corrected chi connectivity index (χ1v) is 7.07. The summed E-state index contributed by atoms with van der Waals surface area (Å²) < 4.78 is 10.0. The Kier molecular flexibility index (Phi) is 6.54. The Labute approximate surface area is 122 Å². The van der Waals surface area contributed by atoms with Crippen molar-refractivity contribution < 1.29 is 24.2 Å². The molecule has 1 N–H and O–H groups in total. The zero-order valence-electron chi connectivity index (χ0n) is 11.7. The van der Waals surface area contributed by atoms with Crippen LogP contribution in [0, 0.1) is 6.92 Å². The minimum absolute atomic E-state index is 0.137. The summed E-state index contributed by atoms with van der Waals surface area (Å²) in [5.41, 5.74) is 1.14. The van der Waals surface area contributed by atoms with Gasteiger partial charge in [-0.25, -0.2) is 4.79 Å². The first-order chi connectivity index (χ1) is 9.43. The highest BCUT2D eigenvalue weighted by molar-refractivity contribution is 8.00. The number of hydrogen-bond donors (Lipinski definition) is 1. The van der Waals surface area contributed by atoms with Crippen molar-refractivity contribution in [3.63, 3.8) is 0 Å². The van der Waals surface area contributed by atoms with Gasteiger partial charge in [-0.3, -0.25) is 4.79 Å². The lowest BCUT2D eigenvalue weighted by Crippen LogP contribution is -2.20. The van der Waals surface area contributed by atoms with E-state index in [0.29, 0.717) is 6.61 Å². The Hall–Kier alpha value is -1.53. The Morgan fingerprint density at radius 1 is 1.40 bits per heavy atom. The number of methoxy groups -OCH3 is 1. The lowest BCUT2D eigenvalue weighted by molar-refractivity contribution is -0.147. The molecule has 1 rings (SSSR count). The van der Waals surface area contributed by atoms with E-state index in [0.717, 1.165) is 10.5 Å². The van der Waals surface area contributed by atoms with Crippen LogP contribution in [0.3, 0.4) is 0 Å². The van der Waals surface area contributed by atoms with Crippen molar-refractivity contribution in [1.29, 1.82) is 0 Å². The van der Waals surface area contributed by atoms with Crippen molar-refractivity contribution in [2.75, 3.05) is 19.5 Å². The molecule has 0 spiro atoms. The van der Waals surface area contributed by atoms with E-state index in [1.54, 1.807) is 32.2 Å². The fourth-order valence-corrected chi connectivity index (χ4v) is 2.40. The molecule has 1 unspecified atom stereocenters. The lowest BCUT2D eigenvalue weighted by Gasteiger charge is -2.12. The number of aromatic carboxylic acids is 1. The molecule has 0 saturated carbocycles. The quantitative estimate of drug-likeness (QED) is 0.615. The monoisotopic (exact) mass is 298 g/mol. The highest BCUT2D eigenvalue weighted by Gasteiger charge is 2.12. The number of carbonyl (C=O) groups excluding carboxylic acids is 1. The van der Waals surface area contributed by atoms with Gasteiger partial charge in [-0.15, -0.1) is 11.8 Å². The van der Waals surface area contributed by atoms with E-state index in [1.807, 2.05) is 6.92 Å². The average molecular weight is 298 g/mol. The van der Waals surface area contributed by atoms with Gasteiger partial charge in [0.25, 0.3) is 0 Å². The summed E-state index contributed by atoms with van der Waals surface area (Å²) in [6, 6.07) is 4.83. The van der Waals surface area contributed by atoms with Crippen LogP contribution in [0.15, 0.2) is 23.1 Å². The number of aryl methyl sites for hydroxylation is 1. The van der Waals surface area contributed by atoms with Crippen molar-refractivity contribution in [3.05, 3.63) is 29.3 Å². The first-order valence-electron chi connectivity index (χ1n) is 6.09. The molecule has 0 aliphatic rings. The van der Waals surface area contributed by atoms with Gasteiger partial charge in [-0.05, 0) is 31.5 Å². The van der Waals surface area contributed by atoms with Crippen LogP contribution in [0.4, 0.5) is 0 Å². The van der Waals surface area contributed by atoms with E-state index >= 15 is 0 Å². The second kappa shape index (κ2) is 7.91. The van der Waals surface area contributed by atoms with Gasteiger partial charge in [0, 0.05) is 12.0 Å². The fraction of sp³-hybridized carbons (Fsp3) is 0.429. The van der Waals surface area contributed by atoms with Crippen LogP contribution >= 0.6 is 11.8 Å². The predicted molar refractivity (Wildman–Crippen MR) is 76.3 cm³/mol. The number of hydrogen-bond acceptors (Lipinski definition) is 5. The third kappa shape index (κ3) is 5.22. The summed E-state index contributed by atoms with van der Waals surface area (Å²) in [5, 5.41) is 8.94. The summed E-state index contributed by atoms with van der Waals surface area (Å²) in [6.45, 7) is 3.97. The molecule has 20 heavy (non-hydrogen) atoms. The SMILES string of the molecule is COCC(C)OC(=O)CSc1cc(C(=O)O)ccc1C. The van der Waals surface area contributed by atoms with Crippen LogP contribution in [0.25, 0.3) is 0 Å². The number of benzene rings is 1. The van der Waals surface area contributed by atoms with Crippen LogP contribution in [0.1, 0.15) is 22.8 Å². The number of esters is 1. The fourth-order valence-electron chi connectivity index (χ4n) is 1.55. The Morgan fingerprint density at radius 3 is 2.70 bits per heavy atom. The summed E-state index contributed by atoms with van der Waals surface area (Å²) >= 11 is 1.27. The molecular weight excluding hydrogens is 280 g/mol. The molecule has 0 aliphatic carbocycles. The summed E-state index contributed by atoms with van der Waals surface area (Å²) in [4.78, 5) is 23.3. The molecule has 6 heteroatoms. The van der Waals surface area contributed by atoms with Crippen LogP contribution in [0.5, 0.6) is 0 Å². The van der Waals surface area contributed by atoms with Gasteiger partial charge in [0.2, 0.25) is 0 Å². The van der Waals surface area contributed by atoms with E-state index in [4.69, 9.17) is 14.6 Å². The molecule has 1 atom stereocenters. The van der Waals surface area contributed by atoms with E-state index in [9.17, 15) is 9.59 Å². The van der Waals surface area contributed by atoms with Crippen molar-refractivity contribution >= 4 is 23.7 Å². The zero-order chi connectivity index (χ0) is 15.1. The van der Waals surface area contributed by atoms with Gasteiger partial charge in [-0.1, -0.05) is 6.07 Å². The lowest BCUT2D eigenvalue weighted by atomic mass is 10.1. The van der Waals surface area contributed by atoms with Crippen LogP contribution in [-0.2, 0) is 14.3 Å². The molecule has 110 valence electrons. The predicted octanol–water partition coefficient (Wildman–Crippen LogP) is 2.36. The number of thioether (sulfide) groups is 1. The maximum absolute atomic E-state index is 11.6. The van der Waals surface area contributed by atoms with Gasteiger partial charge in [0.1, 0.15) is 6.10 Å². The van der Waals surface area contributed by atoms with Crippen LogP contribution in [-0.4, -0.2) is 42.6 Å². The van der Waals surface area contributed by atoms with E-state index in [-0.39, 0.29) is 23.4 Å². The summed E-state index contributed by atoms with van der Waals surface area (Å²) in [7, 11) is 1.54. The van der Waals surface area contributed by atoms with Crippen molar-refractivity contribution in [2.24, 2.45) is 0 Å². The molecule has 0 aliphatic heterocycles. The second-order valence-electron chi connectivity index (χ2n) is 4.33. The first kappa shape index (κ1) is 16.5. The zero-order valence-corrected chi connectivity index (χ0v) is 12.5. The molecular formula is C14H18O5S. The summed E-state index contributed by atoms with van der Waals surface area (Å²) in [6.07, 6.45) is -0.292. The third-order valence-corrected chi connectivity index (χ3v) is 3.65. The minimum atomic E-state index is -0.983. The van der Waals surface area contributed by atoms with Crippen LogP contribution in [0.2, 0.25) is 0 Å². The molecule has 0 bridgehead atoms. The standard InChI is InChI=1S/C14H18O5S/c1-9-4-5-11(14(16)17)6-12(9)20-8-13(15)19-10(2)7-18-3/h4-6,10H,7-8H2,1-3H3,(H,16,17).